The molecule has 2 heterocycles. The number of benzene rings is 4. The van der Waals surface area contributed by atoms with Crippen LogP contribution in [0.4, 0.5) is 5.69 Å². The molecule has 0 unspecified atom stereocenters. The van der Waals surface area contributed by atoms with Crippen molar-refractivity contribution in [1.29, 1.82) is 0 Å². The van der Waals surface area contributed by atoms with Gasteiger partial charge in [0.1, 0.15) is 23.0 Å². The first-order valence-corrected chi connectivity index (χ1v) is 13.9. The Morgan fingerprint density at radius 1 is 0.512 bits per heavy atom. The molecule has 6 heteroatoms. The van der Waals surface area contributed by atoms with E-state index in [1.807, 2.05) is 65.2 Å². The number of ether oxygens (including phenoxy) is 2. The van der Waals surface area contributed by atoms with Gasteiger partial charge in [-0.05, 0) is 96.1 Å². The van der Waals surface area contributed by atoms with Crippen LogP contribution in [0.5, 0.6) is 23.0 Å². The van der Waals surface area contributed by atoms with Gasteiger partial charge in [-0.2, -0.15) is 0 Å². The summed E-state index contributed by atoms with van der Waals surface area (Å²) in [4.78, 5) is 24.9. The third-order valence-corrected chi connectivity index (χ3v) is 7.67. The first-order valence-electron chi connectivity index (χ1n) is 13.9. The highest BCUT2D eigenvalue weighted by molar-refractivity contribution is 6.28. The van der Waals surface area contributed by atoms with Crippen LogP contribution in [0, 0.1) is 0 Å². The van der Waals surface area contributed by atoms with E-state index in [2.05, 4.69) is 51.3 Å². The van der Waals surface area contributed by atoms with Gasteiger partial charge in [0.15, 0.2) is 0 Å². The maximum absolute atomic E-state index is 11.9. The van der Waals surface area contributed by atoms with Crippen molar-refractivity contribution in [2.24, 2.45) is 0 Å². The SMILES string of the molecule is C=c1ccc(=C)n1-c1ccc(Oc2ccc(C(C)(C)c3ccc(Oc4ccc(N5C(=O)C=CC5=O)cc4)cc3)cc2)cc1. The second-order valence-corrected chi connectivity index (χ2v) is 10.9. The number of hydrogen-bond acceptors (Lipinski definition) is 4. The lowest BCUT2D eigenvalue weighted by molar-refractivity contribution is -0.119. The zero-order valence-electron chi connectivity index (χ0n) is 24.0. The predicted octanol–water partition coefficient (Wildman–Crippen LogP) is 6.64. The van der Waals surface area contributed by atoms with E-state index in [0.29, 0.717) is 17.2 Å². The number of nitrogens with zero attached hydrogens (tertiary/aromatic N) is 2. The van der Waals surface area contributed by atoms with E-state index in [1.54, 1.807) is 24.3 Å². The molecule has 1 aromatic heterocycles. The zero-order chi connectivity index (χ0) is 30.1. The standard InChI is InChI=1S/C37H30N2O4/c1-25-5-6-26(2)38(25)29-11-19-33(20-12-29)42-31-15-7-27(8-16-31)37(3,4)28-9-17-32(18-10-28)43-34-21-13-30(14-22-34)39-35(40)23-24-36(39)41/h5-24H,1-2H2,3-4H3. The number of imide groups is 1. The summed E-state index contributed by atoms with van der Waals surface area (Å²) < 4.78 is 14.1. The lowest BCUT2D eigenvalue weighted by Crippen LogP contribution is -2.29. The number of carbonyl (C=O) groups is 2. The van der Waals surface area contributed by atoms with Gasteiger partial charge >= 0.3 is 0 Å². The minimum absolute atomic E-state index is 0.252. The number of hydrogen-bond donors (Lipinski definition) is 0. The van der Waals surface area contributed by atoms with Crippen LogP contribution in [-0.2, 0) is 15.0 Å². The average molecular weight is 567 g/mol. The monoisotopic (exact) mass is 566 g/mol. The third kappa shape index (κ3) is 5.51. The van der Waals surface area contributed by atoms with Crippen LogP contribution in [0.15, 0.2) is 121 Å². The maximum atomic E-state index is 11.9. The van der Waals surface area contributed by atoms with E-state index in [1.165, 1.54) is 12.2 Å². The highest BCUT2D eigenvalue weighted by Crippen LogP contribution is 2.35. The number of carbonyl (C=O) groups excluding carboxylic acids is 2. The van der Waals surface area contributed by atoms with Crippen molar-refractivity contribution in [3.63, 3.8) is 0 Å². The molecule has 212 valence electrons. The summed E-state index contributed by atoms with van der Waals surface area (Å²) in [5.41, 5.74) is 3.53. The first kappa shape index (κ1) is 27.5. The van der Waals surface area contributed by atoms with Crippen molar-refractivity contribution in [3.8, 4) is 28.7 Å². The molecule has 0 spiro atoms. The first-order chi connectivity index (χ1) is 20.7. The summed E-state index contributed by atoms with van der Waals surface area (Å²) in [5.74, 6) is 2.11. The third-order valence-electron chi connectivity index (χ3n) is 7.67. The molecule has 0 bridgehead atoms. The van der Waals surface area contributed by atoms with Crippen molar-refractivity contribution >= 4 is 30.7 Å². The summed E-state index contributed by atoms with van der Waals surface area (Å²) in [7, 11) is 0. The molecule has 6 rings (SSSR count). The van der Waals surface area contributed by atoms with Crippen molar-refractivity contribution in [3.05, 3.63) is 143 Å². The lowest BCUT2D eigenvalue weighted by atomic mass is 9.78. The van der Waals surface area contributed by atoms with Crippen LogP contribution in [0.3, 0.4) is 0 Å². The largest absolute Gasteiger partial charge is 0.457 e. The summed E-state index contributed by atoms with van der Waals surface area (Å²) in [6.07, 6.45) is 2.53. The van der Waals surface area contributed by atoms with Crippen molar-refractivity contribution in [1.82, 2.24) is 4.57 Å². The molecule has 0 radical (unpaired) electrons. The molecule has 1 aliphatic heterocycles. The van der Waals surface area contributed by atoms with Crippen LogP contribution in [0.1, 0.15) is 25.0 Å². The van der Waals surface area contributed by atoms with Gasteiger partial charge in [0.25, 0.3) is 11.8 Å². The van der Waals surface area contributed by atoms with Gasteiger partial charge in [0, 0.05) is 34.0 Å². The fourth-order valence-electron chi connectivity index (χ4n) is 5.16. The molecule has 0 aliphatic carbocycles. The van der Waals surface area contributed by atoms with E-state index in [4.69, 9.17) is 9.47 Å². The molecule has 0 atom stereocenters. The highest BCUT2D eigenvalue weighted by atomic mass is 16.5. The van der Waals surface area contributed by atoms with E-state index in [-0.39, 0.29) is 17.2 Å². The van der Waals surface area contributed by atoms with Crippen LogP contribution in [-0.4, -0.2) is 16.4 Å². The van der Waals surface area contributed by atoms with E-state index >= 15 is 0 Å². The van der Waals surface area contributed by atoms with Crippen molar-refractivity contribution < 1.29 is 19.1 Å². The molecule has 0 fully saturated rings. The summed E-state index contributed by atoms with van der Waals surface area (Å²) in [5, 5.41) is 1.78. The molecule has 2 amide bonds. The fourth-order valence-corrected chi connectivity index (χ4v) is 5.16. The molecule has 1 aliphatic rings. The van der Waals surface area contributed by atoms with Crippen LogP contribution < -0.4 is 25.1 Å². The number of aromatic nitrogens is 1. The highest BCUT2D eigenvalue weighted by Gasteiger charge is 2.25. The lowest BCUT2D eigenvalue weighted by Gasteiger charge is -2.26. The summed E-state index contributed by atoms with van der Waals surface area (Å²) in [6.45, 7) is 12.5. The van der Waals surface area contributed by atoms with Crippen LogP contribution in [0.2, 0.25) is 0 Å². The summed E-state index contributed by atoms with van der Waals surface area (Å²) in [6, 6.07) is 34.8. The number of anilines is 1. The van der Waals surface area contributed by atoms with E-state index in [9.17, 15) is 9.59 Å². The Hall–Kier alpha value is -5.62. The van der Waals surface area contributed by atoms with Crippen molar-refractivity contribution in [2.75, 3.05) is 4.90 Å². The topological polar surface area (TPSA) is 60.8 Å². The Labute approximate surface area is 250 Å². The Balaban J connectivity index is 1.10. The smallest absolute Gasteiger partial charge is 0.258 e. The molecular weight excluding hydrogens is 536 g/mol. The molecule has 0 saturated heterocycles. The van der Waals surface area contributed by atoms with Gasteiger partial charge in [0.2, 0.25) is 0 Å². The molecule has 0 N–H and O–H groups in total. The van der Waals surface area contributed by atoms with Crippen molar-refractivity contribution in [2.45, 2.75) is 19.3 Å². The molecular formula is C37H30N2O4. The zero-order valence-corrected chi connectivity index (χ0v) is 24.0. The quantitative estimate of drug-likeness (QED) is 0.198. The molecule has 5 aromatic rings. The van der Waals surface area contributed by atoms with Gasteiger partial charge in [-0.3, -0.25) is 9.59 Å². The van der Waals surface area contributed by atoms with Gasteiger partial charge in [-0.1, -0.05) is 51.3 Å². The molecule has 4 aromatic carbocycles. The summed E-state index contributed by atoms with van der Waals surface area (Å²) >= 11 is 0. The normalized spacial score (nSPS) is 13.0. The van der Waals surface area contributed by atoms with Gasteiger partial charge in [-0.25, -0.2) is 4.90 Å². The van der Waals surface area contributed by atoms with Gasteiger partial charge < -0.3 is 14.0 Å². The van der Waals surface area contributed by atoms with Gasteiger partial charge in [-0.15, -0.1) is 0 Å². The Bertz CT molecular complexity index is 1890. The second-order valence-electron chi connectivity index (χ2n) is 10.9. The molecule has 0 saturated carbocycles. The maximum Gasteiger partial charge on any atom is 0.258 e. The number of amides is 2. The fraction of sp³-hybridized carbons (Fsp3) is 0.0811. The van der Waals surface area contributed by atoms with Gasteiger partial charge in [0.05, 0.1) is 5.69 Å². The molecule has 43 heavy (non-hydrogen) atoms. The van der Waals surface area contributed by atoms with E-state index in [0.717, 1.165) is 43.9 Å². The second kappa shape index (κ2) is 11.0. The minimum atomic E-state index is -0.348. The Kier molecular flexibility index (Phi) is 7.04. The predicted molar refractivity (Wildman–Crippen MR) is 169 cm³/mol. The Morgan fingerprint density at radius 3 is 1.26 bits per heavy atom. The number of rotatable bonds is 8. The molecule has 6 nitrogen and oxygen atoms in total. The van der Waals surface area contributed by atoms with Crippen LogP contribution in [0.25, 0.3) is 18.8 Å². The average Bonchev–Trinajstić information content (AvgIpc) is 3.53. The van der Waals surface area contributed by atoms with Crippen LogP contribution >= 0.6 is 0 Å². The Morgan fingerprint density at radius 2 is 0.860 bits per heavy atom. The van der Waals surface area contributed by atoms with E-state index < -0.39 is 0 Å². The minimum Gasteiger partial charge on any atom is -0.457 e.